The summed E-state index contributed by atoms with van der Waals surface area (Å²) < 4.78 is 12.9. The lowest BCUT2D eigenvalue weighted by atomic mass is 9.88. The highest BCUT2D eigenvalue weighted by Gasteiger charge is 2.43. The monoisotopic (exact) mass is 336 g/mol. The van der Waals surface area contributed by atoms with Crippen LogP contribution in [0.5, 0.6) is 0 Å². The molecule has 0 amide bonds. The van der Waals surface area contributed by atoms with Crippen molar-refractivity contribution in [2.75, 3.05) is 5.73 Å². The van der Waals surface area contributed by atoms with E-state index in [1.165, 1.54) is 0 Å². The van der Waals surface area contributed by atoms with Gasteiger partial charge in [-0.25, -0.2) is 0 Å². The predicted octanol–water partition coefficient (Wildman–Crippen LogP) is 4.54. The second-order valence-corrected chi connectivity index (χ2v) is 13.1. The van der Waals surface area contributed by atoms with E-state index in [1.54, 1.807) is 12.4 Å². The van der Waals surface area contributed by atoms with Crippen molar-refractivity contribution in [1.29, 1.82) is 0 Å². The quantitative estimate of drug-likeness (QED) is 0.823. The van der Waals surface area contributed by atoms with E-state index in [9.17, 15) is 0 Å². The Balaban J connectivity index is 2.21. The van der Waals surface area contributed by atoms with Crippen molar-refractivity contribution < 1.29 is 9.16 Å². The fourth-order valence-electron chi connectivity index (χ4n) is 2.79. The molecule has 2 rings (SSSR count). The maximum Gasteiger partial charge on any atom is 0.192 e. The van der Waals surface area contributed by atoms with Gasteiger partial charge in [0, 0.05) is 24.1 Å². The zero-order valence-electron chi connectivity index (χ0n) is 15.6. The van der Waals surface area contributed by atoms with Crippen LogP contribution in [-0.4, -0.2) is 25.5 Å². The molecule has 1 fully saturated rings. The van der Waals surface area contributed by atoms with E-state index in [0.717, 1.165) is 12.0 Å². The van der Waals surface area contributed by atoms with Gasteiger partial charge in [0.15, 0.2) is 8.32 Å². The molecule has 23 heavy (non-hydrogen) atoms. The van der Waals surface area contributed by atoms with E-state index >= 15 is 0 Å². The molecule has 1 aromatic rings. The molecule has 0 bridgehead atoms. The Morgan fingerprint density at radius 3 is 2.52 bits per heavy atom. The molecule has 0 spiro atoms. The van der Waals surface area contributed by atoms with Crippen LogP contribution in [0.15, 0.2) is 18.5 Å². The summed E-state index contributed by atoms with van der Waals surface area (Å²) in [4.78, 5) is 4.08. The zero-order valence-corrected chi connectivity index (χ0v) is 16.6. The Labute approximate surface area is 141 Å². The highest BCUT2D eigenvalue weighted by Crippen LogP contribution is 2.43. The summed E-state index contributed by atoms with van der Waals surface area (Å²) in [6.45, 7) is 15.8. The van der Waals surface area contributed by atoms with Gasteiger partial charge in [-0.1, -0.05) is 27.7 Å². The number of pyridine rings is 1. The minimum atomic E-state index is -1.81. The zero-order chi connectivity index (χ0) is 17.4. The number of nitrogens with zero attached hydrogens (tertiary/aromatic N) is 1. The maximum absolute atomic E-state index is 6.72. The van der Waals surface area contributed by atoms with Crippen LogP contribution in [0.2, 0.25) is 18.1 Å². The summed E-state index contributed by atoms with van der Waals surface area (Å²) in [5.41, 5.74) is 7.83. The molecule has 130 valence electrons. The first kappa shape index (κ1) is 18.4. The summed E-state index contributed by atoms with van der Waals surface area (Å²) in [5, 5.41) is 0.208. The summed E-state index contributed by atoms with van der Waals surface area (Å²) in [6, 6.07) is 1.96. The first-order valence-electron chi connectivity index (χ1n) is 8.55. The maximum atomic E-state index is 6.72. The third kappa shape index (κ3) is 3.95. The third-order valence-corrected chi connectivity index (χ3v) is 10.1. The first-order valence-corrected chi connectivity index (χ1v) is 11.5. The predicted molar refractivity (Wildman–Crippen MR) is 97.8 cm³/mol. The van der Waals surface area contributed by atoms with Crippen molar-refractivity contribution in [2.45, 2.75) is 77.5 Å². The van der Waals surface area contributed by atoms with Gasteiger partial charge in [-0.3, -0.25) is 4.98 Å². The molecule has 1 saturated heterocycles. The van der Waals surface area contributed by atoms with Crippen LogP contribution in [0.3, 0.4) is 0 Å². The molecule has 4 nitrogen and oxygen atoms in total. The molecular formula is C18H32N2O2Si. The number of rotatable bonds is 3. The SMILES string of the molecule is CC1OC(c2ccncc2N)CC(O[Si](C)(C)C(C)(C)C)C1C. The van der Waals surface area contributed by atoms with Crippen LogP contribution >= 0.6 is 0 Å². The Morgan fingerprint density at radius 2 is 1.96 bits per heavy atom. The van der Waals surface area contributed by atoms with Gasteiger partial charge in [0.05, 0.1) is 30.2 Å². The van der Waals surface area contributed by atoms with E-state index in [-0.39, 0.29) is 23.4 Å². The van der Waals surface area contributed by atoms with E-state index in [0.29, 0.717) is 11.6 Å². The van der Waals surface area contributed by atoms with Crippen LogP contribution in [-0.2, 0) is 9.16 Å². The fraction of sp³-hybridized carbons (Fsp3) is 0.722. The highest BCUT2D eigenvalue weighted by atomic mass is 28.4. The molecule has 0 saturated carbocycles. The molecule has 4 atom stereocenters. The summed E-state index contributed by atoms with van der Waals surface area (Å²) in [5.74, 6) is 0.378. The molecule has 1 aliphatic heterocycles. The number of aromatic nitrogens is 1. The van der Waals surface area contributed by atoms with E-state index in [1.807, 2.05) is 6.07 Å². The minimum absolute atomic E-state index is 0.0148. The van der Waals surface area contributed by atoms with Gasteiger partial charge in [0.1, 0.15) is 0 Å². The lowest BCUT2D eigenvalue weighted by Gasteiger charge is -2.46. The highest BCUT2D eigenvalue weighted by molar-refractivity contribution is 6.74. The van der Waals surface area contributed by atoms with Crippen molar-refractivity contribution in [1.82, 2.24) is 4.98 Å². The Morgan fingerprint density at radius 1 is 1.30 bits per heavy atom. The van der Waals surface area contributed by atoms with Crippen molar-refractivity contribution in [2.24, 2.45) is 5.92 Å². The Kier molecular flexibility index (Phi) is 5.23. The molecule has 2 heterocycles. The van der Waals surface area contributed by atoms with Crippen LogP contribution in [0.4, 0.5) is 5.69 Å². The number of ether oxygens (including phenoxy) is 1. The van der Waals surface area contributed by atoms with Gasteiger partial charge >= 0.3 is 0 Å². The number of nitrogen functional groups attached to an aromatic ring is 1. The third-order valence-electron chi connectivity index (χ3n) is 5.64. The van der Waals surface area contributed by atoms with Crippen molar-refractivity contribution >= 4 is 14.0 Å². The Hall–Kier alpha value is -0.913. The van der Waals surface area contributed by atoms with Crippen LogP contribution in [0.25, 0.3) is 0 Å². The van der Waals surface area contributed by atoms with Crippen LogP contribution in [0.1, 0.15) is 52.7 Å². The average molecular weight is 337 g/mol. The molecule has 0 radical (unpaired) electrons. The normalized spacial score (nSPS) is 29.5. The minimum Gasteiger partial charge on any atom is -0.413 e. The summed E-state index contributed by atoms with van der Waals surface area (Å²) in [7, 11) is -1.81. The number of nitrogens with two attached hydrogens (primary N) is 1. The first-order chi connectivity index (χ1) is 10.5. The van der Waals surface area contributed by atoms with E-state index in [2.05, 4.69) is 52.7 Å². The second-order valence-electron chi connectivity index (χ2n) is 8.35. The number of anilines is 1. The van der Waals surface area contributed by atoms with Gasteiger partial charge in [-0.15, -0.1) is 0 Å². The molecule has 5 heteroatoms. The lowest BCUT2D eigenvalue weighted by molar-refractivity contribution is -0.120. The van der Waals surface area contributed by atoms with Gasteiger partial charge in [-0.2, -0.15) is 0 Å². The average Bonchev–Trinajstić information content (AvgIpc) is 2.42. The molecule has 1 aliphatic rings. The molecular weight excluding hydrogens is 304 g/mol. The fourth-order valence-corrected chi connectivity index (χ4v) is 4.21. The molecule has 1 aromatic heterocycles. The van der Waals surface area contributed by atoms with Gasteiger partial charge in [0.2, 0.25) is 0 Å². The molecule has 0 aliphatic carbocycles. The molecule has 0 aromatic carbocycles. The van der Waals surface area contributed by atoms with Crippen molar-refractivity contribution in [3.63, 3.8) is 0 Å². The smallest absolute Gasteiger partial charge is 0.192 e. The molecule has 2 N–H and O–H groups in total. The standard InChI is InChI=1S/C18H32N2O2Si/c1-12-13(2)21-17(14-8-9-20-11-15(14)19)10-16(12)22-23(6,7)18(3,4)5/h8-9,11-13,16-17H,10,19H2,1-7H3. The molecule has 4 unspecified atom stereocenters. The lowest BCUT2D eigenvalue weighted by Crippen LogP contribution is -2.49. The largest absolute Gasteiger partial charge is 0.413 e. The van der Waals surface area contributed by atoms with Crippen molar-refractivity contribution in [3.8, 4) is 0 Å². The van der Waals surface area contributed by atoms with Crippen LogP contribution in [0, 0.1) is 5.92 Å². The van der Waals surface area contributed by atoms with Crippen LogP contribution < -0.4 is 5.73 Å². The van der Waals surface area contributed by atoms with Gasteiger partial charge in [-0.05, 0) is 31.1 Å². The second kappa shape index (κ2) is 6.53. The number of hydrogen-bond acceptors (Lipinski definition) is 4. The van der Waals surface area contributed by atoms with E-state index < -0.39 is 8.32 Å². The summed E-state index contributed by atoms with van der Waals surface area (Å²) >= 11 is 0. The Bertz CT molecular complexity index is 542. The van der Waals surface area contributed by atoms with Gasteiger partial charge < -0.3 is 14.9 Å². The van der Waals surface area contributed by atoms with E-state index in [4.69, 9.17) is 14.9 Å². The number of hydrogen-bond donors (Lipinski definition) is 1. The van der Waals surface area contributed by atoms with Gasteiger partial charge in [0.25, 0.3) is 0 Å². The van der Waals surface area contributed by atoms with Crippen molar-refractivity contribution in [3.05, 3.63) is 24.0 Å². The summed E-state index contributed by atoms with van der Waals surface area (Å²) in [6.07, 6.45) is 4.67. The topological polar surface area (TPSA) is 57.4 Å².